The number of benzene rings is 2. The van der Waals surface area contributed by atoms with Crippen molar-refractivity contribution in [3.8, 4) is 5.75 Å². The number of hydrogen-bond acceptors (Lipinski definition) is 5. The lowest BCUT2D eigenvalue weighted by Crippen LogP contribution is -2.18. The molecule has 136 valence electrons. The summed E-state index contributed by atoms with van der Waals surface area (Å²) in [5, 5.41) is 14.4. The summed E-state index contributed by atoms with van der Waals surface area (Å²) in [6.07, 6.45) is 2.29. The lowest BCUT2D eigenvalue weighted by atomic mass is 10.1. The van der Waals surface area contributed by atoms with Gasteiger partial charge in [-0.3, -0.25) is 14.9 Å². The highest BCUT2D eigenvalue weighted by Gasteiger charge is 2.19. The highest BCUT2D eigenvalue weighted by atomic mass is 35.5. The number of nitrogens with zero attached hydrogens (tertiary/aromatic N) is 2. The van der Waals surface area contributed by atoms with Crippen LogP contribution < -0.4 is 15.0 Å². The molecule has 0 aliphatic carbocycles. The number of carbonyl (C=O) groups is 1. The van der Waals surface area contributed by atoms with Crippen molar-refractivity contribution in [1.29, 1.82) is 0 Å². The molecule has 3 rings (SSSR count). The Balaban J connectivity index is 1.78. The second-order valence-corrected chi connectivity index (χ2v) is 6.37. The molecule has 0 saturated carbocycles. The van der Waals surface area contributed by atoms with Crippen LogP contribution >= 0.6 is 11.6 Å². The molecule has 0 unspecified atom stereocenters. The van der Waals surface area contributed by atoms with E-state index in [9.17, 15) is 14.9 Å². The molecule has 0 spiro atoms. The Morgan fingerprint density at radius 2 is 1.96 bits per heavy atom. The van der Waals surface area contributed by atoms with Crippen molar-refractivity contribution in [2.45, 2.75) is 12.8 Å². The Morgan fingerprint density at radius 3 is 2.58 bits per heavy atom. The number of nitro groups is 1. The highest BCUT2D eigenvalue weighted by Crippen LogP contribution is 2.32. The zero-order valence-electron chi connectivity index (χ0n) is 14.2. The first-order valence-corrected chi connectivity index (χ1v) is 8.55. The first-order valence-electron chi connectivity index (χ1n) is 8.18. The fraction of sp³-hybridized carbons (Fsp3) is 0.278. The minimum absolute atomic E-state index is 0.101. The molecular formula is C18H18ClN3O4. The molecule has 1 aliphatic rings. The number of amides is 1. The van der Waals surface area contributed by atoms with Crippen LogP contribution in [0.5, 0.6) is 5.75 Å². The molecule has 1 heterocycles. The van der Waals surface area contributed by atoms with E-state index in [0.29, 0.717) is 10.7 Å². The zero-order chi connectivity index (χ0) is 18.7. The standard InChI is InChI=1S/C18H18ClN3O4/c1-26-17-7-4-12(10-16(17)22(24)25)18(23)20-13-5-6-15(14(19)11-13)21-8-2-3-9-21/h4-7,10-11H,2-3,8-9H2,1H3,(H,20,23). The molecule has 8 heteroatoms. The van der Waals surface area contributed by atoms with E-state index in [4.69, 9.17) is 16.3 Å². The first kappa shape index (κ1) is 18.0. The van der Waals surface area contributed by atoms with E-state index in [1.54, 1.807) is 12.1 Å². The Morgan fingerprint density at radius 1 is 1.23 bits per heavy atom. The predicted molar refractivity (Wildman–Crippen MR) is 101 cm³/mol. The molecule has 1 fully saturated rings. The van der Waals surface area contributed by atoms with Crippen LogP contribution in [0.1, 0.15) is 23.2 Å². The maximum atomic E-state index is 12.4. The van der Waals surface area contributed by atoms with Gasteiger partial charge in [0.2, 0.25) is 0 Å². The third-order valence-electron chi connectivity index (χ3n) is 4.29. The van der Waals surface area contributed by atoms with Gasteiger partial charge in [-0.25, -0.2) is 0 Å². The van der Waals surface area contributed by atoms with Gasteiger partial charge in [-0.15, -0.1) is 0 Å². The molecule has 2 aromatic carbocycles. The Hall–Kier alpha value is -2.80. The third-order valence-corrected chi connectivity index (χ3v) is 4.59. The molecule has 1 aliphatic heterocycles. The van der Waals surface area contributed by atoms with Crippen molar-refractivity contribution < 1.29 is 14.5 Å². The number of carbonyl (C=O) groups excluding carboxylic acids is 1. The second-order valence-electron chi connectivity index (χ2n) is 5.96. The maximum Gasteiger partial charge on any atom is 0.311 e. The van der Waals surface area contributed by atoms with E-state index in [1.165, 1.54) is 25.3 Å². The molecule has 1 amide bonds. The van der Waals surface area contributed by atoms with Crippen LogP contribution in [-0.2, 0) is 0 Å². The van der Waals surface area contributed by atoms with Crippen LogP contribution in [0.25, 0.3) is 0 Å². The SMILES string of the molecule is COc1ccc(C(=O)Nc2ccc(N3CCCC3)c(Cl)c2)cc1[N+](=O)[O-]. The number of anilines is 2. The van der Waals surface area contributed by atoms with Crippen molar-refractivity contribution in [2.24, 2.45) is 0 Å². The van der Waals surface area contributed by atoms with Crippen molar-refractivity contribution in [1.82, 2.24) is 0 Å². The molecule has 1 saturated heterocycles. The molecule has 0 atom stereocenters. The summed E-state index contributed by atoms with van der Waals surface area (Å²) in [6, 6.07) is 9.40. The van der Waals surface area contributed by atoms with Crippen LogP contribution in [0.15, 0.2) is 36.4 Å². The molecule has 26 heavy (non-hydrogen) atoms. The molecule has 0 aromatic heterocycles. The first-order chi connectivity index (χ1) is 12.5. The van der Waals surface area contributed by atoms with E-state index in [0.717, 1.165) is 31.6 Å². The van der Waals surface area contributed by atoms with Crippen molar-refractivity contribution in [2.75, 3.05) is 30.4 Å². The average molecular weight is 376 g/mol. The van der Waals surface area contributed by atoms with E-state index < -0.39 is 10.8 Å². The number of methoxy groups -OCH3 is 1. The normalized spacial score (nSPS) is 13.5. The fourth-order valence-electron chi connectivity index (χ4n) is 2.98. The van der Waals surface area contributed by atoms with Crippen LogP contribution in [0, 0.1) is 10.1 Å². The summed E-state index contributed by atoms with van der Waals surface area (Å²) in [4.78, 5) is 25.1. The van der Waals surface area contributed by atoms with Gasteiger partial charge in [0.15, 0.2) is 5.75 Å². The Labute approximate surface area is 155 Å². The lowest BCUT2D eigenvalue weighted by Gasteiger charge is -2.19. The van der Waals surface area contributed by atoms with Crippen molar-refractivity contribution >= 4 is 34.6 Å². The van der Waals surface area contributed by atoms with Gasteiger partial charge in [-0.2, -0.15) is 0 Å². The quantitative estimate of drug-likeness (QED) is 0.628. The van der Waals surface area contributed by atoms with Gasteiger partial charge >= 0.3 is 5.69 Å². The number of ether oxygens (including phenoxy) is 1. The van der Waals surface area contributed by atoms with Gasteiger partial charge in [-0.1, -0.05) is 11.6 Å². The van der Waals surface area contributed by atoms with Gasteiger partial charge in [0.05, 0.1) is 22.7 Å². The van der Waals surface area contributed by atoms with Crippen LogP contribution in [0.3, 0.4) is 0 Å². The minimum atomic E-state index is -0.586. The van der Waals surface area contributed by atoms with Crippen LogP contribution in [0.4, 0.5) is 17.1 Å². The molecule has 0 bridgehead atoms. The number of nitrogens with one attached hydrogen (secondary N) is 1. The largest absolute Gasteiger partial charge is 0.490 e. The second kappa shape index (κ2) is 7.61. The Bertz CT molecular complexity index is 850. The summed E-state index contributed by atoms with van der Waals surface area (Å²) in [7, 11) is 1.34. The summed E-state index contributed by atoms with van der Waals surface area (Å²) >= 11 is 6.35. The average Bonchev–Trinajstić information content (AvgIpc) is 3.15. The van der Waals surface area contributed by atoms with Gasteiger partial charge in [-0.05, 0) is 43.2 Å². The van der Waals surface area contributed by atoms with E-state index in [-0.39, 0.29) is 17.0 Å². The highest BCUT2D eigenvalue weighted by molar-refractivity contribution is 6.33. The van der Waals surface area contributed by atoms with Crippen molar-refractivity contribution in [3.05, 3.63) is 57.1 Å². The molecule has 2 aromatic rings. The smallest absolute Gasteiger partial charge is 0.311 e. The van der Waals surface area contributed by atoms with Gasteiger partial charge in [0.25, 0.3) is 5.91 Å². The van der Waals surface area contributed by atoms with Crippen molar-refractivity contribution in [3.63, 3.8) is 0 Å². The number of halogens is 1. The summed E-state index contributed by atoms with van der Waals surface area (Å²) in [5.41, 5.74) is 1.38. The minimum Gasteiger partial charge on any atom is -0.490 e. The Kier molecular flexibility index (Phi) is 5.27. The summed E-state index contributed by atoms with van der Waals surface area (Å²) in [6.45, 7) is 1.95. The van der Waals surface area contributed by atoms with Crippen LogP contribution in [0.2, 0.25) is 5.02 Å². The van der Waals surface area contributed by atoms with E-state index in [1.807, 2.05) is 6.07 Å². The number of rotatable bonds is 5. The van der Waals surface area contributed by atoms with Crippen LogP contribution in [-0.4, -0.2) is 31.0 Å². The summed E-state index contributed by atoms with van der Waals surface area (Å²) < 4.78 is 4.94. The van der Waals surface area contributed by atoms with Gasteiger partial charge < -0.3 is 15.0 Å². The van der Waals surface area contributed by atoms with E-state index >= 15 is 0 Å². The van der Waals surface area contributed by atoms with Gasteiger partial charge in [0.1, 0.15) is 0 Å². The zero-order valence-corrected chi connectivity index (χ0v) is 15.0. The van der Waals surface area contributed by atoms with Gasteiger partial charge in [0, 0.05) is 30.4 Å². The predicted octanol–water partition coefficient (Wildman–Crippen LogP) is 4.11. The lowest BCUT2D eigenvalue weighted by molar-refractivity contribution is -0.385. The maximum absolute atomic E-state index is 12.4. The molecule has 1 N–H and O–H groups in total. The van der Waals surface area contributed by atoms with E-state index in [2.05, 4.69) is 10.2 Å². The number of hydrogen-bond donors (Lipinski definition) is 1. The topological polar surface area (TPSA) is 84.7 Å². The fourth-order valence-corrected chi connectivity index (χ4v) is 3.28. The molecule has 0 radical (unpaired) electrons. The summed E-state index contributed by atoms with van der Waals surface area (Å²) in [5.74, 6) is -0.356. The molecular weight excluding hydrogens is 358 g/mol. The monoisotopic (exact) mass is 375 g/mol. The third kappa shape index (κ3) is 3.72. The number of nitro benzene ring substituents is 1. The molecule has 7 nitrogen and oxygen atoms in total.